The summed E-state index contributed by atoms with van der Waals surface area (Å²) in [6.07, 6.45) is 5.21. The Morgan fingerprint density at radius 2 is 2.07 bits per heavy atom. The maximum Gasteiger partial charge on any atom is 0.252 e. The summed E-state index contributed by atoms with van der Waals surface area (Å²) in [4.78, 5) is 26.0. The molecule has 0 unspecified atom stereocenters. The molecule has 3 rings (SSSR count). The SMILES string of the molecule is CC(C)N1CCN(c2ccc(C(=O)NCCCc3ccccn3)cn2)C[C@@H]1C. The lowest BCUT2D eigenvalue weighted by molar-refractivity contribution is 0.0953. The van der Waals surface area contributed by atoms with E-state index in [-0.39, 0.29) is 5.91 Å². The molecule has 2 aromatic rings. The zero-order valence-electron chi connectivity index (χ0n) is 17.1. The van der Waals surface area contributed by atoms with Crippen molar-refractivity contribution in [2.24, 2.45) is 0 Å². The summed E-state index contributed by atoms with van der Waals surface area (Å²) in [6.45, 7) is 10.4. The van der Waals surface area contributed by atoms with Gasteiger partial charge in [0.15, 0.2) is 0 Å². The van der Waals surface area contributed by atoms with Crippen molar-refractivity contribution in [3.63, 3.8) is 0 Å². The van der Waals surface area contributed by atoms with Crippen LogP contribution in [0, 0.1) is 0 Å². The van der Waals surface area contributed by atoms with Crippen LogP contribution in [0.3, 0.4) is 0 Å². The van der Waals surface area contributed by atoms with Gasteiger partial charge in [-0.25, -0.2) is 4.98 Å². The summed E-state index contributed by atoms with van der Waals surface area (Å²) in [5, 5.41) is 2.97. The number of hydrogen-bond donors (Lipinski definition) is 1. The number of carbonyl (C=O) groups is 1. The van der Waals surface area contributed by atoms with Gasteiger partial charge in [-0.2, -0.15) is 0 Å². The second-order valence-electron chi connectivity index (χ2n) is 7.71. The standard InChI is InChI=1S/C22H31N5O/c1-17(2)27-14-13-26(16-18(27)3)21-10-9-19(15-25-21)22(28)24-12-6-8-20-7-4-5-11-23-20/h4-5,7,9-11,15,17-18H,6,8,12-14,16H2,1-3H3,(H,24,28)/t18-/m0/s1. The Bertz CT molecular complexity index is 747. The van der Waals surface area contributed by atoms with Crippen molar-refractivity contribution in [2.45, 2.75) is 45.7 Å². The first-order valence-corrected chi connectivity index (χ1v) is 10.2. The molecule has 1 saturated heterocycles. The molecule has 1 N–H and O–H groups in total. The first kappa shape index (κ1) is 20.3. The fraction of sp³-hybridized carbons (Fsp3) is 0.500. The lowest BCUT2D eigenvalue weighted by atomic mass is 10.1. The molecule has 1 aliphatic rings. The van der Waals surface area contributed by atoms with E-state index in [1.165, 1.54) is 0 Å². The van der Waals surface area contributed by atoms with Gasteiger partial charge in [0, 0.05) is 56.4 Å². The maximum atomic E-state index is 12.3. The van der Waals surface area contributed by atoms with Crippen molar-refractivity contribution in [2.75, 3.05) is 31.1 Å². The van der Waals surface area contributed by atoms with E-state index in [0.717, 1.165) is 44.0 Å². The Morgan fingerprint density at radius 3 is 2.71 bits per heavy atom. The number of hydrogen-bond acceptors (Lipinski definition) is 5. The highest BCUT2D eigenvalue weighted by Crippen LogP contribution is 2.19. The topological polar surface area (TPSA) is 61.4 Å². The predicted molar refractivity (Wildman–Crippen MR) is 113 cm³/mol. The minimum Gasteiger partial charge on any atom is -0.354 e. The van der Waals surface area contributed by atoms with Crippen LogP contribution >= 0.6 is 0 Å². The highest BCUT2D eigenvalue weighted by Gasteiger charge is 2.26. The third-order valence-corrected chi connectivity index (χ3v) is 5.30. The van der Waals surface area contributed by atoms with Crippen LogP contribution in [-0.2, 0) is 6.42 Å². The molecule has 1 fully saturated rings. The number of carbonyl (C=O) groups excluding carboxylic acids is 1. The number of aromatic nitrogens is 2. The summed E-state index contributed by atoms with van der Waals surface area (Å²) in [5.74, 6) is 0.875. The number of nitrogens with zero attached hydrogens (tertiary/aromatic N) is 4. The zero-order chi connectivity index (χ0) is 19.9. The average molecular weight is 382 g/mol. The van der Waals surface area contributed by atoms with Crippen molar-refractivity contribution in [3.05, 3.63) is 54.0 Å². The molecule has 150 valence electrons. The van der Waals surface area contributed by atoms with Gasteiger partial charge in [0.05, 0.1) is 5.56 Å². The molecule has 0 aliphatic carbocycles. The van der Waals surface area contributed by atoms with Crippen LogP contribution in [0.15, 0.2) is 42.7 Å². The maximum absolute atomic E-state index is 12.3. The molecule has 1 atom stereocenters. The first-order chi connectivity index (χ1) is 13.5. The highest BCUT2D eigenvalue weighted by atomic mass is 16.1. The van der Waals surface area contributed by atoms with Crippen molar-refractivity contribution in [1.82, 2.24) is 20.2 Å². The summed E-state index contributed by atoms with van der Waals surface area (Å²) in [7, 11) is 0. The molecule has 3 heterocycles. The molecule has 28 heavy (non-hydrogen) atoms. The molecule has 1 amide bonds. The van der Waals surface area contributed by atoms with E-state index in [1.54, 1.807) is 12.4 Å². The molecular formula is C22H31N5O. The van der Waals surface area contributed by atoms with Gasteiger partial charge in [0.25, 0.3) is 5.91 Å². The predicted octanol–water partition coefficient (Wildman–Crippen LogP) is 2.76. The molecule has 0 spiro atoms. The summed E-state index contributed by atoms with van der Waals surface area (Å²) in [6, 6.07) is 10.8. The van der Waals surface area contributed by atoms with E-state index >= 15 is 0 Å². The quantitative estimate of drug-likeness (QED) is 0.748. The van der Waals surface area contributed by atoms with E-state index < -0.39 is 0 Å². The van der Waals surface area contributed by atoms with Gasteiger partial charge < -0.3 is 10.2 Å². The Balaban J connectivity index is 1.46. The van der Waals surface area contributed by atoms with Crippen molar-refractivity contribution in [1.29, 1.82) is 0 Å². The van der Waals surface area contributed by atoms with Gasteiger partial charge in [-0.05, 0) is 57.9 Å². The zero-order valence-corrected chi connectivity index (χ0v) is 17.1. The van der Waals surface area contributed by atoms with Gasteiger partial charge in [0.2, 0.25) is 0 Å². The van der Waals surface area contributed by atoms with E-state index in [4.69, 9.17) is 0 Å². The number of anilines is 1. The Kier molecular flexibility index (Phi) is 6.98. The highest BCUT2D eigenvalue weighted by molar-refractivity contribution is 5.94. The van der Waals surface area contributed by atoms with Crippen LogP contribution in [0.4, 0.5) is 5.82 Å². The van der Waals surface area contributed by atoms with Gasteiger partial charge in [-0.1, -0.05) is 6.07 Å². The van der Waals surface area contributed by atoms with Crippen LogP contribution in [0.5, 0.6) is 0 Å². The molecule has 6 nitrogen and oxygen atoms in total. The van der Waals surface area contributed by atoms with Gasteiger partial charge in [0.1, 0.15) is 5.82 Å². The Morgan fingerprint density at radius 1 is 1.21 bits per heavy atom. The number of amides is 1. The van der Waals surface area contributed by atoms with Crippen molar-refractivity contribution >= 4 is 11.7 Å². The summed E-state index contributed by atoms with van der Waals surface area (Å²) >= 11 is 0. The van der Waals surface area contributed by atoms with E-state index in [2.05, 4.69) is 45.9 Å². The molecule has 0 aromatic carbocycles. The second kappa shape index (κ2) is 9.64. The fourth-order valence-corrected chi connectivity index (χ4v) is 3.77. The number of rotatable bonds is 7. The van der Waals surface area contributed by atoms with E-state index in [0.29, 0.717) is 24.2 Å². The van der Waals surface area contributed by atoms with Crippen LogP contribution in [-0.4, -0.2) is 59.0 Å². The van der Waals surface area contributed by atoms with Crippen LogP contribution in [0.2, 0.25) is 0 Å². The van der Waals surface area contributed by atoms with E-state index in [9.17, 15) is 4.79 Å². The second-order valence-corrected chi connectivity index (χ2v) is 7.71. The molecule has 0 radical (unpaired) electrons. The van der Waals surface area contributed by atoms with Crippen LogP contribution in [0.1, 0.15) is 43.2 Å². The molecule has 2 aromatic heterocycles. The number of aryl methyl sites for hydroxylation is 1. The molecule has 6 heteroatoms. The van der Waals surface area contributed by atoms with Gasteiger partial charge in [-0.3, -0.25) is 14.7 Å². The van der Waals surface area contributed by atoms with Crippen molar-refractivity contribution in [3.8, 4) is 0 Å². The molecular weight excluding hydrogens is 350 g/mol. The fourth-order valence-electron chi connectivity index (χ4n) is 3.77. The summed E-state index contributed by atoms with van der Waals surface area (Å²) in [5.41, 5.74) is 1.66. The van der Waals surface area contributed by atoms with Crippen LogP contribution in [0.25, 0.3) is 0 Å². The lowest BCUT2D eigenvalue weighted by Crippen LogP contribution is -2.54. The largest absolute Gasteiger partial charge is 0.354 e. The first-order valence-electron chi connectivity index (χ1n) is 10.2. The lowest BCUT2D eigenvalue weighted by Gasteiger charge is -2.42. The number of piperazine rings is 1. The van der Waals surface area contributed by atoms with Crippen LogP contribution < -0.4 is 10.2 Å². The number of pyridine rings is 2. The molecule has 0 saturated carbocycles. The minimum absolute atomic E-state index is 0.0712. The Hall–Kier alpha value is -2.47. The van der Waals surface area contributed by atoms with Gasteiger partial charge >= 0.3 is 0 Å². The summed E-state index contributed by atoms with van der Waals surface area (Å²) < 4.78 is 0. The normalized spacial score (nSPS) is 17.7. The van der Waals surface area contributed by atoms with E-state index in [1.807, 2.05) is 30.3 Å². The average Bonchev–Trinajstić information content (AvgIpc) is 2.71. The Labute approximate surface area is 168 Å². The third-order valence-electron chi connectivity index (χ3n) is 5.30. The smallest absolute Gasteiger partial charge is 0.252 e. The molecule has 0 bridgehead atoms. The van der Waals surface area contributed by atoms with Crippen molar-refractivity contribution < 1.29 is 4.79 Å². The number of nitrogens with one attached hydrogen (secondary N) is 1. The monoisotopic (exact) mass is 381 g/mol. The third kappa shape index (κ3) is 5.29. The minimum atomic E-state index is -0.0712. The molecule has 1 aliphatic heterocycles. The van der Waals surface area contributed by atoms with Gasteiger partial charge in [-0.15, -0.1) is 0 Å².